The summed E-state index contributed by atoms with van der Waals surface area (Å²) < 4.78 is 4.93. The van der Waals surface area contributed by atoms with Crippen LogP contribution in [0.4, 0.5) is 0 Å². The summed E-state index contributed by atoms with van der Waals surface area (Å²) in [7, 11) is 0. The van der Waals surface area contributed by atoms with Crippen LogP contribution in [0, 0.1) is 0 Å². The summed E-state index contributed by atoms with van der Waals surface area (Å²) in [5.41, 5.74) is 0.448. The number of carboxylic acid groups (broad SMARTS) is 1. The molecule has 0 saturated carbocycles. The van der Waals surface area contributed by atoms with Gasteiger partial charge in [0.05, 0.1) is 0 Å². The SMILES string of the molecule is CCC(OC(=O)C=CC(=O)O)C(=O)c1ccccc1. The van der Waals surface area contributed by atoms with E-state index >= 15 is 0 Å². The summed E-state index contributed by atoms with van der Waals surface area (Å²) in [6.07, 6.45) is 0.861. The zero-order chi connectivity index (χ0) is 14.3. The second-order valence-corrected chi connectivity index (χ2v) is 3.74. The number of ketones is 1. The quantitative estimate of drug-likeness (QED) is 0.480. The summed E-state index contributed by atoms with van der Waals surface area (Å²) in [6.45, 7) is 1.71. The molecule has 0 saturated heterocycles. The van der Waals surface area contributed by atoms with Crippen LogP contribution in [0.15, 0.2) is 42.5 Å². The first-order chi connectivity index (χ1) is 9.04. The van der Waals surface area contributed by atoms with E-state index in [0.29, 0.717) is 18.1 Å². The minimum atomic E-state index is -1.25. The Morgan fingerprint density at radius 1 is 1.21 bits per heavy atom. The molecule has 0 aliphatic carbocycles. The van der Waals surface area contributed by atoms with Crippen molar-refractivity contribution in [3.8, 4) is 0 Å². The van der Waals surface area contributed by atoms with Crippen LogP contribution in [0.5, 0.6) is 0 Å². The lowest BCUT2D eigenvalue weighted by molar-refractivity contribution is -0.141. The Morgan fingerprint density at radius 3 is 2.37 bits per heavy atom. The predicted octanol–water partition coefficient (Wildman–Crippen LogP) is 1.83. The van der Waals surface area contributed by atoms with Crippen LogP contribution in [0.1, 0.15) is 23.7 Å². The number of benzene rings is 1. The second-order valence-electron chi connectivity index (χ2n) is 3.74. The number of carboxylic acids is 1. The van der Waals surface area contributed by atoms with Crippen LogP contribution in [0.2, 0.25) is 0 Å². The van der Waals surface area contributed by atoms with Gasteiger partial charge in [-0.2, -0.15) is 0 Å². The number of carbonyl (C=O) groups is 3. The third kappa shape index (κ3) is 4.75. The molecule has 0 spiro atoms. The molecule has 0 fully saturated rings. The van der Waals surface area contributed by atoms with Crippen molar-refractivity contribution in [2.45, 2.75) is 19.4 Å². The van der Waals surface area contributed by atoms with Crippen LogP contribution < -0.4 is 0 Å². The van der Waals surface area contributed by atoms with E-state index < -0.39 is 18.0 Å². The molecule has 0 amide bonds. The van der Waals surface area contributed by atoms with Crippen molar-refractivity contribution in [2.24, 2.45) is 0 Å². The minimum absolute atomic E-state index is 0.305. The highest BCUT2D eigenvalue weighted by Gasteiger charge is 2.21. The van der Waals surface area contributed by atoms with Crippen molar-refractivity contribution in [1.82, 2.24) is 0 Å². The summed E-state index contributed by atoms with van der Waals surface area (Å²) in [6, 6.07) is 8.47. The van der Waals surface area contributed by atoms with E-state index in [1.807, 2.05) is 0 Å². The molecule has 0 aromatic heterocycles. The van der Waals surface area contributed by atoms with Crippen LogP contribution in [-0.2, 0) is 14.3 Å². The zero-order valence-corrected chi connectivity index (χ0v) is 10.4. The highest BCUT2D eigenvalue weighted by molar-refractivity contribution is 6.01. The fraction of sp³-hybridized carbons (Fsp3) is 0.214. The van der Waals surface area contributed by atoms with Crippen LogP contribution in [-0.4, -0.2) is 28.9 Å². The van der Waals surface area contributed by atoms with Crippen molar-refractivity contribution in [3.05, 3.63) is 48.0 Å². The monoisotopic (exact) mass is 262 g/mol. The molecule has 0 heterocycles. The Morgan fingerprint density at radius 2 is 1.84 bits per heavy atom. The maximum absolute atomic E-state index is 12.0. The van der Waals surface area contributed by atoms with E-state index in [4.69, 9.17) is 9.84 Å². The van der Waals surface area contributed by atoms with Crippen molar-refractivity contribution in [3.63, 3.8) is 0 Å². The van der Waals surface area contributed by atoms with Gasteiger partial charge in [-0.1, -0.05) is 37.3 Å². The molecule has 1 N–H and O–H groups in total. The van der Waals surface area contributed by atoms with E-state index in [1.165, 1.54) is 0 Å². The lowest BCUT2D eigenvalue weighted by atomic mass is 10.0. The van der Waals surface area contributed by atoms with Crippen LogP contribution >= 0.6 is 0 Å². The topological polar surface area (TPSA) is 80.7 Å². The Labute approximate surface area is 110 Å². The third-order valence-electron chi connectivity index (χ3n) is 2.34. The molecule has 1 atom stereocenters. The van der Waals surface area contributed by atoms with Gasteiger partial charge in [0.1, 0.15) is 0 Å². The molecule has 5 nitrogen and oxygen atoms in total. The van der Waals surface area contributed by atoms with Gasteiger partial charge in [-0.3, -0.25) is 4.79 Å². The average Bonchev–Trinajstić information content (AvgIpc) is 2.42. The van der Waals surface area contributed by atoms with E-state index in [2.05, 4.69) is 0 Å². The highest BCUT2D eigenvalue weighted by atomic mass is 16.5. The van der Waals surface area contributed by atoms with Gasteiger partial charge in [-0.15, -0.1) is 0 Å². The van der Waals surface area contributed by atoms with Crippen LogP contribution in [0.3, 0.4) is 0 Å². The van der Waals surface area contributed by atoms with Gasteiger partial charge in [0.2, 0.25) is 5.78 Å². The number of hydrogen-bond acceptors (Lipinski definition) is 4. The van der Waals surface area contributed by atoms with E-state index in [0.717, 1.165) is 6.08 Å². The number of carbonyl (C=O) groups excluding carboxylic acids is 2. The first kappa shape index (κ1) is 14.6. The Hall–Kier alpha value is -2.43. The molecule has 100 valence electrons. The van der Waals surface area contributed by atoms with Gasteiger partial charge >= 0.3 is 11.9 Å². The first-order valence-electron chi connectivity index (χ1n) is 5.75. The molecule has 1 rings (SSSR count). The average molecular weight is 262 g/mol. The molecule has 0 bridgehead atoms. The summed E-state index contributed by atoms with van der Waals surface area (Å²) in [5, 5.41) is 8.38. The maximum atomic E-state index is 12.0. The molecule has 0 aliphatic rings. The normalized spacial score (nSPS) is 12.1. The molecule has 0 radical (unpaired) electrons. The highest BCUT2D eigenvalue weighted by Crippen LogP contribution is 2.09. The molecule has 1 aromatic rings. The number of esters is 1. The molecule has 1 unspecified atom stereocenters. The van der Waals surface area contributed by atoms with Crippen molar-refractivity contribution in [2.75, 3.05) is 0 Å². The lowest BCUT2D eigenvalue weighted by Crippen LogP contribution is -2.26. The van der Waals surface area contributed by atoms with E-state index in [-0.39, 0.29) is 5.78 Å². The number of Topliss-reactive ketones (excluding diaryl/α,β-unsaturated/α-hetero) is 1. The van der Waals surface area contributed by atoms with Gasteiger partial charge in [0.15, 0.2) is 6.10 Å². The molecule has 1 aromatic carbocycles. The number of aliphatic carboxylic acids is 1. The van der Waals surface area contributed by atoms with E-state index in [1.54, 1.807) is 37.3 Å². The lowest BCUT2D eigenvalue weighted by Gasteiger charge is -2.13. The van der Waals surface area contributed by atoms with Gasteiger partial charge in [-0.25, -0.2) is 9.59 Å². The maximum Gasteiger partial charge on any atom is 0.331 e. The number of hydrogen-bond donors (Lipinski definition) is 1. The standard InChI is InChI=1S/C14H14O5/c1-2-11(19-13(17)9-8-12(15)16)14(18)10-6-4-3-5-7-10/h3-9,11H,2H2,1H3,(H,15,16). The Bertz CT molecular complexity index is 490. The fourth-order valence-electron chi connectivity index (χ4n) is 1.43. The van der Waals surface area contributed by atoms with Crippen molar-refractivity contribution < 1.29 is 24.2 Å². The Balaban J connectivity index is 2.71. The van der Waals surface area contributed by atoms with Crippen molar-refractivity contribution in [1.29, 1.82) is 0 Å². The van der Waals surface area contributed by atoms with Crippen molar-refractivity contribution >= 4 is 17.7 Å². The molecule has 0 aliphatic heterocycles. The largest absolute Gasteiger partial charge is 0.478 e. The predicted molar refractivity (Wildman–Crippen MR) is 67.7 cm³/mol. The second kappa shape index (κ2) is 7.10. The Kier molecular flexibility index (Phi) is 5.47. The summed E-state index contributed by atoms with van der Waals surface area (Å²) in [5.74, 6) is -2.40. The zero-order valence-electron chi connectivity index (χ0n) is 10.4. The number of rotatable bonds is 6. The smallest absolute Gasteiger partial charge is 0.331 e. The number of ether oxygens (including phenoxy) is 1. The van der Waals surface area contributed by atoms with Gasteiger partial charge in [0, 0.05) is 17.7 Å². The molecule has 5 heteroatoms. The fourth-order valence-corrected chi connectivity index (χ4v) is 1.43. The minimum Gasteiger partial charge on any atom is -0.478 e. The third-order valence-corrected chi connectivity index (χ3v) is 2.34. The van der Waals surface area contributed by atoms with Gasteiger partial charge < -0.3 is 9.84 Å². The first-order valence-corrected chi connectivity index (χ1v) is 5.75. The summed E-state index contributed by atoms with van der Waals surface area (Å²) >= 11 is 0. The molecular weight excluding hydrogens is 248 g/mol. The summed E-state index contributed by atoms with van der Waals surface area (Å²) in [4.78, 5) is 33.6. The van der Waals surface area contributed by atoms with E-state index in [9.17, 15) is 14.4 Å². The molecular formula is C14H14O5. The van der Waals surface area contributed by atoms with Gasteiger partial charge in [-0.05, 0) is 6.42 Å². The van der Waals surface area contributed by atoms with Crippen LogP contribution in [0.25, 0.3) is 0 Å². The molecule has 19 heavy (non-hydrogen) atoms. The van der Waals surface area contributed by atoms with Gasteiger partial charge in [0.25, 0.3) is 0 Å².